The van der Waals surface area contributed by atoms with Gasteiger partial charge in [-0.05, 0) is 13.0 Å². The third-order valence-corrected chi connectivity index (χ3v) is 2.59. The van der Waals surface area contributed by atoms with E-state index in [2.05, 4.69) is 0 Å². The van der Waals surface area contributed by atoms with E-state index in [1.807, 2.05) is 0 Å². The lowest BCUT2D eigenvalue weighted by atomic mass is 10.0. The molecule has 0 heterocycles. The molecule has 0 aliphatic carbocycles. The number of carboxylic acids is 1. The summed E-state index contributed by atoms with van der Waals surface area (Å²) in [6.07, 6.45) is 1.01. The summed E-state index contributed by atoms with van der Waals surface area (Å²) in [5.74, 6) is -3.68. The fourth-order valence-corrected chi connectivity index (χ4v) is 1.65. The van der Waals surface area contributed by atoms with Crippen molar-refractivity contribution < 1.29 is 24.0 Å². The Balaban J connectivity index is 3.45. The van der Waals surface area contributed by atoms with E-state index < -0.39 is 39.3 Å². The first-order valence-corrected chi connectivity index (χ1v) is 5.76. The van der Waals surface area contributed by atoms with Crippen LogP contribution in [0, 0.1) is 22.9 Å². The van der Waals surface area contributed by atoms with Crippen molar-refractivity contribution in [3.05, 3.63) is 51.0 Å². The second-order valence-electron chi connectivity index (χ2n) is 4.52. The van der Waals surface area contributed by atoms with E-state index >= 15 is 0 Å². The third-order valence-electron chi connectivity index (χ3n) is 2.59. The number of nitro groups is 1. The van der Waals surface area contributed by atoms with Crippen LogP contribution in [-0.4, -0.2) is 40.8 Å². The molecule has 0 saturated heterocycles. The van der Waals surface area contributed by atoms with Gasteiger partial charge in [0.25, 0.3) is 5.69 Å². The molecule has 0 spiro atoms. The molecule has 7 nitrogen and oxygen atoms in total. The second-order valence-corrected chi connectivity index (χ2v) is 4.52. The number of nitrogens with zero attached hydrogens (tertiary/aromatic N) is 2. The van der Waals surface area contributed by atoms with Gasteiger partial charge in [-0.2, -0.15) is 0 Å². The Labute approximate surface area is 119 Å². The molecule has 0 aromatic heterocycles. The highest BCUT2D eigenvalue weighted by Crippen LogP contribution is 2.24. The molecular formula is C13H13FN2O5. The largest absolute Gasteiger partial charge is 0.477 e. The van der Waals surface area contributed by atoms with Crippen LogP contribution >= 0.6 is 0 Å². The zero-order valence-electron chi connectivity index (χ0n) is 11.6. The fourth-order valence-electron chi connectivity index (χ4n) is 1.65. The molecule has 1 aromatic rings. The number of nitro benzene ring substituents is 1. The van der Waals surface area contributed by atoms with Crippen molar-refractivity contribution in [2.45, 2.75) is 6.92 Å². The number of benzene rings is 1. The van der Waals surface area contributed by atoms with Gasteiger partial charge in [0.15, 0.2) is 0 Å². The Kier molecular flexibility index (Phi) is 4.75. The molecule has 0 saturated carbocycles. The second kappa shape index (κ2) is 6.12. The summed E-state index contributed by atoms with van der Waals surface area (Å²) in [7, 11) is 2.98. The van der Waals surface area contributed by atoms with Crippen LogP contribution in [0.3, 0.4) is 0 Å². The first-order valence-electron chi connectivity index (χ1n) is 5.76. The summed E-state index contributed by atoms with van der Waals surface area (Å²) >= 11 is 0. The lowest BCUT2D eigenvalue weighted by Crippen LogP contribution is -2.18. The smallest absolute Gasteiger partial charge is 0.341 e. The molecule has 0 bridgehead atoms. The molecule has 1 rings (SSSR count). The minimum absolute atomic E-state index is 0.0440. The van der Waals surface area contributed by atoms with E-state index in [-0.39, 0.29) is 5.56 Å². The topological polar surface area (TPSA) is 101 Å². The number of aryl methyl sites for hydroxylation is 1. The maximum Gasteiger partial charge on any atom is 0.341 e. The van der Waals surface area contributed by atoms with Gasteiger partial charge < -0.3 is 10.0 Å². The first-order chi connectivity index (χ1) is 9.65. The minimum atomic E-state index is -1.55. The molecule has 0 aliphatic rings. The van der Waals surface area contributed by atoms with Crippen LogP contribution in [0.4, 0.5) is 10.1 Å². The van der Waals surface area contributed by atoms with Crippen molar-refractivity contribution in [3.8, 4) is 0 Å². The number of carboxylic acid groups (broad SMARTS) is 1. The van der Waals surface area contributed by atoms with E-state index in [1.54, 1.807) is 0 Å². The first kappa shape index (κ1) is 16.3. The Morgan fingerprint density at radius 2 is 1.95 bits per heavy atom. The maximum absolute atomic E-state index is 13.8. The third kappa shape index (κ3) is 3.62. The van der Waals surface area contributed by atoms with Crippen LogP contribution in [0.1, 0.15) is 15.9 Å². The fraction of sp³-hybridized carbons (Fsp3) is 0.231. The average molecular weight is 296 g/mol. The van der Waals surface area contributed by atoms with E-state index in [4.69, 9.17) is 5.11 Å². The molecule has 0 unspecified atom stereocenters. The lowest BCUT2D eigenvalue weighted by Gasteiger charge is -2.09. The molecule has 1 aromatic carbocycles. The summed E-state index contributed by atoms with van der Waals surface area (Å²) in [6, 6.07) is 1.58. The number of Topliss-reactive ketones (excluding diaryl/α,β-unsaturated/α-hetero) is 1. The highest BCUT2D eigenvalue weighted by atomic mass is 19.1. The van der Waals surface area contributed by atoms with Gasteiger partial charge in [0, 0.05) is 31.9 Å². The summed E-state index contributed by atoms with van der Waals surface area (Å²) in [5.41, 5.74) is -1.74. The van der Waals surface area contributed by atoms with Crippen molar-refractivity contribution in [1.29, 1.82) is 0 Å². The van der Waals surface area contributed by atoms with Gasteiger partial charge in [-0.25, -0.2) is 9.18 Å². The van der Waals surface area contributed by atoms with Crippen molar-refractivity contribution in [3.63, 3.8) is 0 Å². The molecule has 1 N–H and O–H groups in total. The lowest BCUT2D eigenvalue weighted by molar-refractivity contribution is -0.385. The standard InChI is InChI=1S/C13H13FN2O5/c1-7-4-10(14)8(5-11(7)16(20)21)12(17)9(13(18)19)6-15(2)3/h4-6H,1-3H3,(H,18,19)/b9-6+. The number of ketones is 1. The van der Waals surface area contributed by atoms with E-state index in [0.717, 1.165) is 18.3 Å². The van der Waals surface area contributed by atoms with E-state index in [0.29, 0.717) is 0 Å². The van der Waals surface area contributed by atoms with Crippen molar-refractivity contribution in [1.82, 2.24) is 4.90 Å². The van der Waals surface area contributed by atoms with E-state index in [9.17, 15) is 24.1 Å². The number of carbonyl (C=O) groups excluding carboxylic acids is 1. The number of halogens is 1. The van der Waals surface area contributed by atoms with Gasteiger partial charge in [-0.15, -0.1) is 0 Å². The number of carbonyl (C=O) groups is 2. The number of hydrogen-bond donors (Lipinski definition) is 1. The van der Waals surface area contributed by atoms with Gasteiger partial charge >= 0.3 is 5.97 Å². The molecular weight excluding hydrogens is 283 g/mol. The molecule has 0 atom stereocenters. The highest BCUT2D eigenvalue weighted by Gasteiger charge is 2.26. The van der Waals surface area contributed by atoms with Crippen molar-refractivity contribution >= 4 is 17.4 Å². The Morgan fingerprint density at radius 3 is 2.38 bits per heavy atom. The van der Waals surface area contributed by atoms with Crippen LogP contribution in [0.5, 0.6) is 0 Å². The van der Waals surface area contributed by atoms with Gasteiger partial charge in [0.05, 0.1) is 10.5 Å². The van der Waals surface area contributed by atoms with Crippen LogP contribution in [0.15, 0.2) is 23.9 Å². The molecule has 112 valence electrons. The van der Waals surface area contributed by atoms with Gasteiger partial charge in [0.1, 0.15) is 11.4 Å². The maximum atomic E-state index is 13.8. The summed E-state index contributed by atoms with van der Waals surface area (Å²) < 4.78 is 13.8. The SMILES string of the molecule is Cc1cc(F)c(C(=O)/C(=C\N(C)C)C(=O)O)cc1[N+](=O)[O-]. The molecule has 0 aliphatic heterocycles. The minimum Gasteiger partial charge on any atom is -0.477 e. The predicted octanol–water partition coefficient (Wildman–Crippen LogP) is 1.76. The molecule has 0 amide bonds. The highest BCUT2D eigenvalue weighted by molar-refractivity contribution is 6.23. The van der Waals surface area contributed by atoms with Crippen LogP contribution in [-0.2, 0) is 4.79 Å². The van der Waals surface area contributed by atoms with Crippen molar-refractivity contribution in [2.24, 2.45) is 0 Å². The molecule has 21 heavy (non-hydrogen) atoms. The van der Waals surface area contributed by atoms with Crippen LogP contribution in [0.2, 0.25) is 0 Å². The average Bonchev–Trinajstić information content (AvgIpc) is 2.34. The van der Waals surface area contributed by atoms with Gasteiger partial charge in [0.2, 0.25) is 5.78 Å². The zero-order valence-corrected chi connectivity index (χ0v) is 11.6. The number of hydrogen-bond acceptors (Lipinski definition) is 5. The van der Waals surface area contributed by atoms with Crippen molar-refractivity contribution in [2.75, 3.05) is 14.1 Å². The Bertz CT molecular complexity index is 652. The number of aliphatic carboxylic acids is 1. The van der Waals surface area contributed by atoms with Gasteiger partial charge in [-0.1, -0.05) is 0 Å². The van der Waals surface area contributed by atoms with Gasteiger partial charge in [-0.3, -0.25) is 14.9 Å². The summed E-state index contributed by atoms with van der Waals surface area (Å²) in [4.78, 5) is 34.5. The molecule has 0 fully saturated rings. The summed E-state index contributed by atoms with van der Waals surface area (Å²) in [5, 5.41) is 19.8. The molecule has 8 heteroatoms. The van der Waals surface area contributed by atoms with Crippen LogP contribution in [0.25, 0.3) is 0 Å². The van der Waals surface area contributed by atoms with Crippen LogP contribution < -0.4 is 0 Å². The zero-order chi connectivity index (χ0) is 16.3. The quantitative estimate of drug-likeness (QED) is 0.222. The monoisotopic (exact) mass is 296 g/mol. The predicted molar refractivity (Wildman–Crippen MR) is 71.5 cm³/mol. The number of rotatable bonds is 5. The Morgan fingerprint density at radius 1 is 1.38 bits per heavy atom. The normalized spacial score (nSPS) is 11.1. The molecule has 0 radical (unpaired) electrons. The Hall–Kier alpha value is -2.77. The summed E-state index contributed by atoms with van der Waals surface area (Å²) in [6.45, 7) is 1.32. The van der Waals surface area contributed by atoms with E-state index in [1.165, 1.54) is 25.9 Å².